The minimum Gasteiger partial charge on any atom is -0.446 e. The molecule has 1 aliphatic carbocycles. The monoisotopic (exact) mass is 506 g/mol. The molecule has 1 aliphatic heterocycles. The van der Waals surface area contributed by atoms with Crippen LogP contribution in [0.5, 0.6) is 11.6 Å². The summed E-state index contributed by atoms with van der Waals surface area (Å²) in [7, 11) is 0. The Morgan fingerprint density at radius 1 is 1.08 bits per heavy atom. The lowest BCUT2D eigenvalue weighted by molar-refractivity contribution is 0.270. The lowest BCUT2D eigenvalue weighted by Gasteiger charge is -2.35. The lowest BCUT2D eigenvalue weighted by atomic mass is 10.1. The van der Waals surface area contributed by atoms with E-state index in [2.05, 4.69) is 32.0 Å². The summed E-state index contributed by atoms with van der Waals surface area (Å²) in [6.45, 7) is 15.7. The van der Waals surface area contributed by atoms with Gasteiger partial charge in [0.25, 0.3) is 5.69 Å². The van der Waals surface area contributed by atoms with E-state index in [0.717, 1.165) is 50.7 Å². The van der Waals surface area contributed by atoms with Gasteiger partial charge < -0.3 is 19.9 Å². The number of piperazine rings is 1. The van der Waals surface area contributed by atoms with Gasteiger partial charge in [-0.3, -0.25) is 0 Å². The molecule has 2 aromatic carbocycles. The number of hydrogen-bond acceptors (Lipinski definition) is 6. The smallest absolute Gasteiger partial charge is 0.288 e. The Morgan fingerprint density at radius 3 is 2.57 bits per heavy atom. The van der Waals surface area contributed by atoms with Crippen LogP contribution in [0.15, 0.2) is 36.2 Å². The van der Waals surface area contributed by atoms with Gasteiger partial charge in [-0.1, -0.05) is 18.6 Å². The van der Waals surface area contributed by atoms with Gasteiger partial charge in [0.2, 0.25) is 5.88 Å². The van der Waals surface area contributed by atoms with Gasteiger partial charge in [-0.25, -0.2) is 28.0 Å². The Hall–Kier alpha value is -4.10. The summed E-state index contributed by atoms with van der Waals surface area (Å²) in [4.78, 5) is 15.8. The first kappa shape index (κ1) is 24.6. The molecule has 1 fully saturated rings. The highest BCUT2D eigenvalue weighted by Crippen LogP contribution is 2.40. The first-order valence-electron chi connectivity index (χ1n) is 12.0. The molecule has 5 rings (SSSR count). The van der Waals surface area contributed by atoms with E-state index in [1.54, 1.807) is 25.1 Å². The Labute approximate surface area is 213 Å². The van der Waals surface area contributed by atoms with Crippen molar-refractivity contribution in [3.63, 3.8) is 0 Å². The van der Waals surface area contributed by atoms with Crippen molar-refractivity contribution in [2.45, 2.75) is 20.3 Å². The molecule has 1 N–H and O–H groups in total. The molecule has 3 aromatic rings. The topological polar surface area (TPSA) is 57.9 Å². The van der Waals surface area contributed by atoms with Gasteiger partial charge in [0.1, 0.15) is 23.8 Å². The van der Waals surface area contributed by atoms with Crippen molar-refractivity contribution in [2.75, 3.05) is 42.9 Å². The first-order valence-corrected chi connectivity index (χ1v) is 12.0. The van der Waals surface area contributed by atoms with E-state index < -0.39 is 17.5 Å². The fourth-order valence-corrected chi connectivity index (χ4v) is 4.66. The number of nitrogens with zero attached hydrogens (tertiary/aromatic N) is 5. The number of rotatable bonds is 6. The summed E-state index contributed by atoms with van der Waals surface area (Å²) in [5, 5.41) is 2.92. The maximum absolute atomic E-state index is 15.1. The van der Waals surface area contributed by atoms with Crippen molar-refractivity contribution in [3.8, 4) is 11.6 Å². The average molecular weight is 507 g/mol. The zero-order chi connectivity index (χ0) is 26.1. The molecule has 37 heavy (non-hydrogen) atoms. The number of ether oxygens (including phenoxy) is 1. The summed E-state index contributed by atoms with van der Waals surface area (Å²) in [6, 6.07) is 5.68. The van der Waals surface area contributed by atoms with Gasteiger partial charge in [0.15, 0.2) is 11.6 Å². The molecule has 2 heterocycles. The van der Waals surface area contributed by atoms with Crippen molar-refractivity contribution >= 4 is 29.0 Å². The highest BCUT2D eigenvalue weighted by molar-refractivity contribution is 5.76. The molecule has 0 amide bonds. The second-order valence-corrected chi connectivity index (χ2v) is 9.03. The molecule has 10 heteroatoms. The predicted molar refractivity (Wildman–Crippen MR) is 136 cm³/mol. The summed E-state index contributed by atoms with van der Waals surface area (Å²) < 4.78 is 50.2. The fourth-order valence-electron chi connectivity index (χ4n) is 4.66. The number of aromatic nitrogens is 2. The van der Waals surface area contributed by atoms with Gasteiger partial charge in [0.05, 0.1) is 12.3 Å². The normalized spacial score (nSPS) is 15.2. The van der Waals surface area contributed by atoms with Crippen molar-refractivity contribution in [1.82, 2.24) is 14.9 Å². The van der Waals surface area contributed by atoms with Crippen LogP contribution in [0.2, 0.25) is 0 Å². The molecule has 0 spiro atoms. The largest absolute Gasteiger partial charge is 0.446 e. The SMILES string of the molecule is [C-]#[N+]c1c(Nc2ccc(N3CCN(CC)CC3)c(F)c2)ncnc1Oc1cc(F)c2c(c1F)C=C(C)C2. The van der Waals surface area contributed by atoms with Crippen molar-refractivity contribution < 1.29 is 17.9 Å². The quantitative estimate of drug-likeness (QED) is 0.409. The van der Waals surface area contributed by atoms with Gasteiger partial charge in [-0.15, -0.1) is 0 Å². The number of nitrogens with one attached hydrogen (secondary N) is 1. The number of hydrogen-bond donors (Lipinski definition) is 1. The van der Waals surface area contributed by atoms with Crippen LogP contribution in [0.1, 0.15) is 25.0 Å². The van der Waals surface area contributed by atoms with Crippen LogP contribution < -0.4 is 15.0 Å². The number of likely N-dealkylation sites (N-methyl/N-ethyl adjacent to an activating group) is 1. The minimum atomic E-state index is -0.727. The average Bonchev–Trinajstić information content (AvgIpc) is 3.30. The zero-order valence-corrected chi connectivity index (χ0v) is 20.5. The van der Waals surface area contributed by atoms with Crippen molar-refractivity contribution in [2.24, 2.45) is 0 Å². The second kappa shape index (κ2) is 10.1. The van der Waals surface area contributed by atoms with Crippen molar-refractivity contribution in [3.05, 3.63) is 76.2 Å². The third kappa shape index (κ3) is 4.82. The fraction of sp³-hybridized carbons (Fsp3) is 0.296. The molecule has 0 unspecified atom stereocenters. The molecular formula is C27H25F3N6O. The van der Waals surface area contributed by atoms with Gasteiger partial charge in [0, 0.05) is 49.1 Å². The van der Waals surface area contributed by atoms with Crippen LogP contribution in [-0.4, -0.2) is 47.6 Å². The van der Waals surface area contributed by atoms with Crippen LogP contribution in [0.25, 0.3) is 10.9 Å². The molecule has 7 nitrogen and oxygen atoms in total. The molecule has 2 aliphatic rings. The second-order valence-electron chi connectivity index (χ2n) is 9.03. The highest BCUT2D eigenvalue weighted by Gasteiger charge is 2.25. The summed E-state index contributed by atoms with van der Waals surface area (Å²) in [5.74, 6) is -2.28. The molecular weight excluding hydrogens is 481 g/mol. The molecule has 0 saturated carbocycles. The molecule has 0 atom stereocenters. The van der Waals surface area contributed by atoms with Crippen LogP contribution in [0.4, 0.5) is 36.1 Å². The molecule has 0 bridgehead atoms. The Morgan fingerprint density at radius 2 is 1.86 bits per heavy atom. The molecule has 190 valence electrons. The third-order valence-electron chi connectivity index (χ3n) is 6.65. The van der Waals surface area contributed by atoms with E-state index >= 15 is 4.39 Å². The van der Waals surface area contributed by atoms with E-state index in [9.17, 15) is 8.78 Å². The Balaban J connectivity index is 1.38. The van der Waals surface area contributed by atoms with Crippen LogP contribution in [-0.2, 0) is 6.42 Å². The Kier molecular flexibility index (Phi) is 6.72. The van der Waals surface area contributed by atoms with E-state index in [0.29, 0.717) is 17.8 Å². The minimum absolute atomic E-state index is 0.0569. The maximum Gasteiger partial charge on any atom is 0.288 e. The van der Waals surface area contributed by atoms with Crippen molar-refractivity contribution in [1.29, 1.82) is 0 Å². The van der Waals surface area contributed by atoms with Gasteiger partial charge in [-0.05, 0) is 38.1 Å². The summed E-state index contributed by atoms with van der Waals surface area (Å²) in [5.41, 5.74) is 1.98. The molecule has 0 radical (unpaired) electrons. The van der Waals surface area contributed by atoms with Crippen LogP contribution >= 0.6 is 0 Å². The number of anilines is 3. The third-order valence-corrected chi connectivity index (χ3v) is 6.65. The number of allylic oxidation sites excluding steroid dienone is 1. The standard InChI is InChI=1S/C27H25F3N6O/c1-4-35-7-9-36(10-8-35)22-6-5-17(13-21(22)29)34-26-25(31-3)27(33-15-32-26)37-23-14-20(28)18-11-16(2)12-19(18)24(23)30/h5-6,12-15H,4,7-11H2,1-2H3,(H,32,33,34). The predicted octanol–water partition coefficient (Wildman–Crippen LogP) is 6.08. The lowest BCUT2D eigenvalue weighted by Crippen LogP contribution is -2.46. The van der Waals surface area contributed by atoms with E-state index in [4.69, 9.17) is 11.3 Å². The first-order chi connectivity index (χ1) is 17.9. The molecule has 1 aromatic heterocycles. The number of halogens is 3. The number of benzene rings is 2. The van der Waals surface area contributed by atoms with Crippen LogP contribution in [0, 0.1) is 24.0 Å². The maximum atomic E-state index is 15.1. The summed E-state index contributed by atoms with van der Waals surface area (Å²) >= 11 is 0. The number of fused-ring (bicyclic) bond motifs is 1. The van der Waals surface area contributed by atoms with E-state index in [1.165, 1.54) is 6.07 Å². The van der Waals surface area contributed by atoms with E-state index in [-0.39, 0.29) is 34.3 Å². The summed E-state index contributed by atoms with van der Waals surface area (Å²) in [6.07, 6.45) is 3.04. The van der Waals surface area contributed by atoms with Gasteiger partial charge >= 0.3 is 0 Å². The molecule has 1 saturated heterocycles. The highest BCUT2D eigenvalue weighted by atomic mass is 19.1. The zero-order valence-electron chi connectivity index (χ0n) is 20.5. The van der Waals surface area contributed by atoms with Crippen LogP contribution in [0.3, 0.4) is 0 Å². The Bertz CT molecular complexity index is 1430. The van der Waals surface area contributed by atoms with E-state index in [1.807, 2.05) is 4.90 Å². The van der Waals surface area contributed by atoms with Gasteiger partial charge in [-0.2, -0.15) is 0 Å².